The first-order chi connectivity index (χ1) is 12.1. The maximum Gasteiger partial charge on any atom is 0.254 e. The van der Waals surface area contributed by atoms with E-state index in [9.17, 15) is 9.18 Å². The third-order valence-electron chi connectivity index (χ3n) is 4.47. The number of piperidine rings is 1. The van der Waals surface area contributed by atoms with Crippen molar-refractivity contribution in [1.82, 2.24) is 15.0 Å². The Morgan fingerprint density at radius 2 is 2.28 bits per heavy atom. The molecule has 0 spiro atoms. The summed E-state index contributed by atoms with van der Waals surface area (Å²) in [5.74, 6) is 0.585. The number of aromatic nitrogens is 2. The molecule has 1 unspecified atom stereocenters. The number of carbonyl (C=O) groups is 1. The van der Waals surface area contributed by atoms with Crippen molar-refractivity contribution in [2.45, 2.75) is 38.6 Å². The highest BCUT2D eigenvalue weighted by Crippen LogP contribution is 2.31. The molecule has 1 saturated heterocycles. The van der Waals surface area contributed by atoms with Gasteiger partial charge in [-0.05, 0) is 49.9 Å². The Morgan fingerprint density at radius 3 is 3.04 bits per heavy atom. The van der Waals surface area contributed by atoms with Crippen molar-refractivity contribution in [3.05, 3.63) is 46.9 Å². The minimum atomic E-state index is -0.313. The number of methoxy groups -OCH3 is 1. The summed E-state index contributed by atoms with van der Waals surface area (Å²) in [6, 6.07) is 4.20. The van der Waals surface area contributed by atoms with Gasteiger partial charge in [0.1, 0.15) is 11.9 Å². The quantitative estimate of drug-likeness (QED) is 0.831. The van der Waals surface area contributed by atoms with Crippen LogP contribution in [0.4, 0.5) is 4.39 Å². The average molecular weight is 347 g/mol. The number of carbonyl (C=O) groups excluding carboxylic acids is 1. The van der Waals surface area contributed by atoms with Crippen molar-refractivity contribution < 1.29 is 18.4 Å². The number of likely N-dealkylation sites (tertiary alicyclic amines) is 1. The monoisotopic (exact) mass is 347 g/mol. The summed E-state index contributed by atoms with van der Waals surface area (Å²) in [6.45, 7) is 2.79. The van der Waals surface area contributed by atoms with Crippen LogP contribution in [0.25, 0.3) is 0 Å². The lowest BCUT2D eigenvalue weighted by Gasteiger charge is -2.33. The summed E-state index contributed by atoms with van der Waals surface area (Å²) in [5, 5.41) is 3.97. The number of benzene rings is 1. The zero-order chi connectivity index (χ0) is 17.8. The molecule has 0 saturated carbocycles. The molecule has 7 heteroatoms. The third-order valence-corrected chi connectivity index (χ3v) is 4.47. The number of amides is 1. The van der Waals surface area contributed by atoms with Crippen LogP contribution in [0, 0.1) is 12.7 Å². The average Bonchev–Trinajstić information content (AvgIpc) is 3.10. The number of ether oxygens (including phenoxy) is 1. The van der Waals surface area contributed by atoms with Crippen molar-refractivity contribution >= 4 is 5.91 Å². The van der Waals surface area contributed by atoms with Crippen molar-refractivity contribution in [1.29, 1.82) is 0 Å². The second-order valence-corrected chi connectivity index (χ2v) is 6.27. The Bertz CT molecular complexity index is 747. The first-order valence-electron chi connectivity index (χ1n) is 8.48. The van der Waals surface area contributed by atoms with Crippen LogP contribution in [0.3, 0.4) is 0 Å². The van der Waals surface area contributed by atoms with E-state index in [0.717, 1.165) is 19.3 Å². The van der Waals surface area contributed by atoms with Crippen LogP contribution in [0.1, 0.15) is 52.9 Å². The number of halogens is 1. The Morgan fingerprint density at radius 1 is 1.44 bits per heavy atom. The molecule has 1 fully saturated rings. The van der Waals surface area contributed by atoms with E-state index >= 15 is 0 Å². The second kappa shape index (κ2) is 7.74. The lowest BCUT2D eigenvalue weighted by molar-refractivity contribution is 0.0561. The van der Waals surface area contributed by atoms with Crippen LogP contribution in [0.15, 0.2) is 22.7 Å². The summed E-state index contributed by atoms with van der Waals surface area (Å²) in [4.78, 5) is 19.1. The first-order valence-corrected chi connectivity index (χ1v) is 8.48. The molecule has 2 aromatic rings. The fraction of sp³-hybridized carbons (Fsp3) is 0.500. The van der Waals surface area contributed by atoms with Gasteiger partial charge < -0.3 is 14.2 Å². The number of hydrogen-bond acceptors (Lipinski definition) is 5. The number of hydrogen-bond donors (Lipinski definition) is 0. The van der Waals surface area contributed by atoms with Crippen molar-refractivity contribution in [2.24, 2.45) is 0 Å². The van der Waals surface area contributed by atoms with Gasteiger partial charge in [-0.15, -0.1) is 0 Å². The second-order valence-electron chi connectivity index (χ2n) is 6.27. The fourth-order valence-corrected chi connectivity index (χ4v) is 3.07. The smallest absolute Gasteiger partial charge is 0.254 e. The largest absolute Gasteiger partial charge is 0.384 e. The highest BCUT2D eigenvalue weighted by atomic mass is 19.1. The summed E-state index contributed by atoms with van der Waals surface area (Å²) in [7, 11) is 1.62. The van der Waals surface area contributed by atoms with Gasteiger partial charge in [0, 0.05) is 25.6 Å². The molecule has 2 heterocycles. The molecule has 134 valence electrons. The Kier molecular flexibility index (Phi) is 5.43. The molecule has 0 radical (unpaired) electrons. The highest BCUT2D eigenvalue weighted by Gasteiger charge is 2.32. The van der Waals surface area contributed by atoms with Gasteiger partial charge in [0.2, 0.25) is 5.89 Å². The molecule has 25 heavy (non-hydrogen) atoms. The number of aryl methyl sites for hydroxylation is 1. The third kappa shape index (κ3) is 3.87. The molecule has 1 aromatic carbocycles. The minimum absolute atomic E-state index is 0.135. The Balaban J connectivity index is 1.81. The minimum Gasteiger partial charge on any atom is -0.384 e. The summed E-state index contributed by atoms with van der Waals surface area (Å²) >= 11 is 0. The maximum absolute atomic E-state index is 13.5. The van der Waals surface area contributed by atoms with E-state index in [1.807, 2.05) is 0 Å². The van der Waals surface area contributed by atoms with E-state index in [4.69, 9.17) is 9.26 Å². The molecule has 3 rings (SSSR count). The molecule has 1 aliphatic rings. The molecule has 1 atom stereocenters. The molecule has 1 aliphatic heterocycles. The van der Waals surface area contributed by atoms with E-state index < -0.39 is 0 Å². The predicted molar refractivity (Wildman–Crippen MR) is 88.6 cm³/mol. The van der Waals surface area contributed by atoms with Crippen LogP contribution >= 0.6 is 0 Å². The lowest BCUT2D eigenvalue weighted by Crippen LogP contribution is -2.38. The van der Waals surface area contributed by atoms with Gasteiger partial charge >= 0.3 is 0 Å². The van der Waals surface area contributed by atoms with E-state index in [2.05, 4.69) is 10.1 Å². The van der Waals surface area contributed by atoms with Crippen molar-refractivity contribution in [3.8, 4) is 0 Å². The summed E-state index contributed by atoms with van der Waals surface area (Å²) in [6.07, 6.45) is 3.26. The maximum atomic E-state index is 13.5. The van der Waals surface area contributed by atoms with E-state index in [0.29, 0.717) is 42.4 Å². The normalized spacial score (nSPS) is 17.7. The zero-order valence-corrected chi connectivity index (χ0v) is 14.5. The molecular formula is C18H22FN3O3. The first kappa shape index (κ1) is 17.5. The van der Waals surface area contributed by atoms with Gasteiger partial charge in [-0.1, -0.05) is 5.16 Å². The molecule has 6 nitrogen and oxygen atoms in total. The Hall–Kier alpha value is -2.28. The lowest BCUT2D eigenvalue weighted by atomic mass is 10.00. The van der Waals surface area contributed by atoms with Gasteiger partial charge in [-0.3, -0.25) is 4.79 Å². The summed E-state index contributed by atoms with van der Waals surface area (Å²) in [5.41, 5.74) is 0.934. The topological polar surface area (TPSA) is 68.5 Å². The van der Waals surface area contributed by atoms with Crippen LogP contribution in [-0.4, -0.2) is 41.2 Å². The van der Waals surface area contributed by atoms with Gasteiger partial charge in [0.15, 0.2) is 5.82 Å². The highest BCUT2D eigenvalue weighted by molar-refractivity contribution is 5.94. The van der Waals surface area contributed by atoms with E-state index in [-0.39, 0.29) is 17.8 Å². The molecular weight excluding hydrogens is 325 g/mol. The van der Waals surface area contributed by atoms with Crippen LogP contribution in [0.5, 0.6) is 0 Å². The molecule has 1 amide bonds. The SMILES string of the molecule is COCCc1noc(C2CCCCN2C(=O)c2ccc(F)c(C)c2)n1. The number of rotatable bonds is 5. The molecule has 0 aliphatic carbocycles. The van der Waals surface area contributed by atoms with Gasteiger partial charge in [-0.2, -0.15) is 4.98 Å². The standard InChI is InChI=1S/C18H22FN3O3/c1-12-11-13(6-7-14(12)19)18(23)22-9-4-3-5-15(22)17-20-16(21-25-17)8-10-24-2/h6-7,11,15H,3-5,8-10H2,1-2H3. The van der Waals surface area contributed by atoms with Crippen LogP contribution < -0.4 is 0 Å². The fourth-order valence-electron chi connectivity index (χ4n) is 3.07. The molecule has 1 aromatic heterocycles. The van der Waals surface area contributed by atoms with Gasteiger partial charge in [0.25, 0.3) is 5.91 Å². The van der Waals surface area contributed by atoms with Crippen LogP contribution in [-0.2, 0) is 11.2 Å². The van der Waals surface area contributed by atoms with Gasteiger partial charge in [0.05, 0.1) is 6.61 Å². The van der Waals surface area contributed by atoms with E-state index in [1.54, 1.807) is 25.0 Å². The molecule has 0 bridgehead atoms. The summed E-state index contributed by atoms with van der Waals surface area (Å²) < 4.78 is 23.9. The molecule has 0 N–H and O–H groups in total. The van der Waals surface area contributed by atoms with Gasteiger partial charge in [-0.25, -0.2) is 4.39 Å². The van der Waals surface area contributed by atoms with E-state index in [1.165, 1.54) is 12.1 Å². The van der Waals surface area contributed by atoms with Crippen LogP contribution in [0.2, 0.25) is 0 Å². The number of nitrogens with zero attached hydrogens (tertiary/aromatic N) is 3. The van der Waals surface area contributed by atoms with Crippen molar-refractivity contribution in [3.63, 3.8) is 0 Å². The predicted octanol–water partition coefficient (Wildman–Crippen LogP) is 3.07. The zero-order valence-electron chi connectivity index (χ0n) is 14.5. The Labute approximate surface area is 146 Å². The van der Waals surface area contributed by atoms with Crippen molar-refractivity contribution in [2.75, 3.05) is 20.3 Å².